The van der Waals surface area contributed by atoms with Crippen LogP contribution in [0.2, 0.25) is 0 Å². The maximum atomic E-state index is 5.63. The molecular formula is C16H20N2O3. The molecular weight excluding hydrogens is 268 g/mol. The van der Waals surface area contributed by atoms with Crippen molar-refractivity contribution in [1.29, 1.82) is 0 Å². The van der Waals surface area contributed by atoms with Gasteiger partial charge in [0.1, 0.15) is 19.0 Å². The molecule has 0 radical (unpaired) electrons. The smallest absolute Gasteiger partial charge is 0.161 e. The van der Waals surface area contributed by atoms with Crippen LogP contribution in [0.4, 0.5) is 0 Å². The second-order valence-corrected chi connectivity index (χ2v) is 4.37. The Kier molecular flexibility index (Phi) is 5.84. The highest BCUT2D eigenvalue weighted by molar-refractivity contribution is 5.39. The molecule has 0 aliphatic heterocycles. The van der Waals surface area contributed by atoms with Crippen molar-refractivity contribution in [3.8, 4) is 17.2 Å². The zero-order chi connectivity index (χ0) is 14.9. The minimum Gasteiger partial charge on any atom is -0.493 e. The van der Waals surface area contributed by atoms with Crippen LogP contribution in [0.5, 0.6) is 17.2 Å². The van der Waals surface area contributed by atoms with Gasteiger partial charge >= 0.3 is 0 Å². The number of hydrogen-bond donors (Lipinski definition) is 1. The third-order valence-electron chi connectivity index (χ3n) is 2.88. The van der Waals surface area contributed by atoms with E-state index in [1.54, 1.807) is 13.3 Å². The lowest BCUT2D eigenvalue weighted by molar-refractivity contribution is 0.211. The minimum atomic E-state index is 0.435. The Labute approximate surface area is 124 Å². The summed E-state index contributed by atoms with van der Waals surface area (Å²) in [5.74, 6) is 2.14. The molecule has 0 atom stereocenters. The van der Waals surface area contributed by atoms with Gasteiger partial charge in [-0.15, -0.1) is 0 Å². The summed E-state index contributed by atoms with van der Waals surface area (Å²) in [6, 6.07) is 11.3. The molecule has 0 unspecified atom stereocenters. The minimum absolute atomic E-state index is 0.435. The maximum Gasteiger partial charge on any atom is 0.161 e. The lowest BCUT2D eigenvalue weighted by atomic mass is 10.3. The fraction of sp³-hybridized carbons (Fsp3) is 0.312. The first-order valence-electron chi connectivity index (χ1n) is 6.87. The van der Waals surface area contributed by atoms with E-state index in [4.69, 9.17) is 19.9 Å². The van der Waals surface area contributed by atoms with E-state index in [1.165, 1.54) is 0 Å². The highest BCUT2D eigenvalue weighted by Gasteiger charge is 2.02. The monoisotopic (exact) mass is 288 g/mol. The summed E-state index contributed by atoms with van der Waals surface area (Å²) in [4.78, 5) is 4.27. The number of aromatic nitrogens is 1. The summed E-state index contributed by atoms with van der Waals surface area (Å²) >= 11 is 0. The molecule has 1 aromatic carbocycles. The molecule has 112 valence electrons. The number of hydrogen-bond acceptors (Lipinski definition) is 5. The molecule has 1 heterocycles. The van der Waals surface area contributed by atoms with E-state index in [-0.39, 0.29) is 0 Å². The number of benzene rings is 1. The van der Waals surface area contributed by atoms with Crippen LogP contribution >= 0.6 is 0 Å². The Morgan fingerprint density at radius 2 is 1.76 bits per heavy atom. The van der Waals surface area contributed by atoms with E-state index in [0.29, 0.717) is 31.3 Å². The summed E-state index contributed by atoms with van der Waals surface area (Å²) in [5, 5.41) is 0. The summed E-state index contributed by atoms with van der Waals surface area (Å²) in [5.41, 5.74) is 6.45. The van der Waals surface area contributed by atoms with E-state index < -0.39 is 0 Å². The van der Waals surface area contributed by atoms with Gasteiger partial charge in [0.15, 0.2) is 11.5 Å². The van der Waals surface area contributed by atoms with Crippen LogP contribution in [0, 0.1) is 0 Å². The zero-order valence-corrected chi connectivity index (χ0v) is 12.1. The van der Waals surface area contributed by atoms with Crippen LogP contribution in [-0.4, -0.2) is 31.9 Å². The Bertz CT molecular complexity index is 543. The first kappa shape index (κ1) is 15.1. The topological polar surface area (TPSA) is 66.6 Å². The quantitative estimate of drug-likeness (QED) is 0.753. The van der Waals surface area contributed by atoms with Crippen LogP contribution in [0.3, 0.4) is 0 Å². The first-order valence-corrected chi connectivity index (χ1v) is 6.87. The van der Waals surface area contributed by atoms with Gasteiger partial charge in [0.05, 0.1) is 13.3 Å². The highest BCUT2D eigenvalue weighted by atomic mass is 16.5. The molecule has 0 bridgehead atoms. The predicted molar refractivity (Wildman–Crippen MR) is 81.0 cm³/mol. The average Bonchev–Trinajstić information content (AvgIpc) is 2.54. The molecule has 0 saturated heterocycles. The summed E-state index contributed by atoms with van der Waals surface area (Å²) < 4.78 is 16.4. The Morgan fingerprint density at radius 3 is 2.43 bits per heavy atom. The molecule has 2 N–H and O–H groups in total. The number of nitrogens with zero attached hydrogens (tertiary/aromatic N) is 1. The molecule has 0 aliphatic carbocycles. The Morgan fingerprint density at radius 1 is 1.00 bits per heavy atom. The molecule has 2 rings (SSSR count). The van der Waals surface area contributed by atoms with Crippen molar-refractivity contribution >= 4 is 0 Å². The normalized spacial score (nSPS) is 10.2. The largest absolute Gasteiger partial charge is 0.493 e. The molecule has 0 aliphatic rings. The fourth-order valence-electron chi connectivity index (χ4n) is 1.84. The molecule has 5 nitrogen and oxygen atoms in total. The number of nitrogens with two attached hydrogens (primary N) is 1. The standard InChI is InChI=1S/C16H20N2O3/c1-19-15-4-2-3-5-16(15)21-11-10-20-14-7-6-13(8-9-17)18-12-14/h2-7,12H,8-11,17H2,1H3. The van der Waals surface area contributed by atoms with Gasteiger partial charge in [0.2, 0.25) is 0 Å². The van der Waals surface area contributed by atoms with E-state index in [1.807, 2.05) is 36.4 Å². The lowest BCUT2D eigenvalue weighted by Crippen LogP contribution is -2.10. The van der Waals surface area contributed by atoms with Gasteiger partial charge < -0.3 is 19.9 Å². The lowest BCUT2D eigenvalue weighted by Gasteiger charge is -2.11. The van der Waals surface area contributed by atoms with Gasteiger partial charge in [-0.2, -0.15) is 0 Å². The van der Waals surface area contributed by atoms with E-state index in [0.717, 1.165) is 17.9 Å². The summed E-state index contributed by atoms with van der Waals surface area (Å²) in [7, 11) is 1.62. The number of para-hydroxylation sites is 2. The first-order chi connectivity index (χ1) is 10.3. The van der Waals surface area contributed by atoms with Crippen molar-refractivity contribution < 1.29 is 14.2 Å². The molecule has 0 fully saturated rings. The maximum absolute atomic E-state index is 5.63. The zero-order valence-electron chi connectivity index (χ0n) is 12.1. The Hall–Kier alpha value is -2.27. The summed E-state index contributed by atoms with van der Waals surface area (Å²) in [6.45, 7) is 1.47. The molecule has 0 amide bonds. The molecule has 21 heavy (non-hydrogen) atoms. The summed E-state index contributed by atoms with van der Waals surface area (Å²) in [6.07, 6.45) is 2.48. The van der Waals surface area contributed by atoms with Crippen LogP contribution in [0.1, 0.15) is 5.69 Å². The van der Waals surface area contributed by atoms with Gasteiger partial charge in [0, 0.05) is 12.1 Å². The SMILES string of the molecule is COc1ccccc1OCCOc1ccc(CCN)nc1. The third-order valence-corrected chi connectivity index (χ3v) is 2.88. The van der Waals surface area contributed by atoms with Crippen molar-refractivity contribution in [2.24, 2.45) is 5.73 Å². The number of ether oxygens (including phenoxy) is 3. The predicted octanol–water partition coefficient (Wildman–Crippen LogP) is 2.05. The molecule has 0 spiro atoms. The second kappa shape index (κ2) is 8.11. The number of pyridine rings is 1. The molecule has 0 saturated carbocycles. The molecule has 1 aromatic heterocycles. The third kappa shape index (κ3) is 4.65. The van der Waals surface area contributed by atoms with Gasteiger partial charge in [-0.1, -0.05) is 12.1 Å². The van der Waals surface area contributed by atoms with Gasteiger partial charge in [-0.05, 0) is 30.8 Å². The fourth-order valence-corrected chi connectivity index (χ4v) is 1.84. The van der Waals surface area contributed by atoms with Crippen LogP contribution in [0.15, 0.2) is 42.6 Å². The van der Waals surface area contributed by atoms with Gasteiger partial charge in [-0.25, -0.2) is 0 Å². The van der Waals surface area contributed by atoms with Crippen molar-refractivity contribution in [3.05, 3.63) is 48.3 Å². The van der Waals surface area contributed by atoms with E-state index in [2.05, 4.69) is 4.98 Å². The number of rotatable bonds is 8. The molecule has 5 heteroatoms. The highest BCUT2D eigenvalue weighted by Crippen LogP contribution is 2.25. The average molecular weight is 288 g/mol. The van der Waals surface area contributed by atoms with E-state index in [9.17, 15) is 0 Å². The van der Waals surface area contributed by atoms with Gasteiger partial charge in [-0.3, -0.25) is 4.98 Å². The number of methoxy groups -OCH3 is 1. The van der Waals surface area contributed by atoms with Crippen LogP contribution in [0.25, 0.3) is 0 Å². The van der Waals surface area contributed by atoms with Crippen LogP contribution in [-0.2, 0) is 6.42 Å². The second-order valence-electron chi connectivity index (χ2n) is 4.37. The van der Waals surface area contributed by atoms with E-state index >= 15 is 0 Å². The van der Waals surface area contributed by atoms with Gasteiger partial charge in [0.25, 0.3) is 0 Å². The molecule has 2 aromatic rings. The van der Waals surface area contributed by atoms with Crippen molar-refractivity contribution in [2.45, 2.75) is 6.42 Å². The van der Waals surface area contributed by atoms with Crippen molar-refractivity contribution in [2.75, 3.05) is 26.9 Å². The van der Waals surface area contributed by atoms with Crippen molar-refractivity contribution in [3.63, 3.8) is 0 Å². The van der Waals surface area contributed by atoms with Crippen LogP contribution < -0.4 is 19.9 Å². The Balaban J connectivity index is 1.76. The van der Waals surface area contributed by atoms with Crippen molar-refractivity contribution in [1.82, 2.24) is 4.98 Å².